The van der Waals surface area contributed by atoms with E-state index in [9.17, 15) is 14.4 Å². The molecular formula is C17H11NO4S. The van der Waals surface area contributed by atoms with Gasteiger partial charge >= 0.3 is 5.97 Å². The average Bonchev–Trinajstić information content (AvgIpc) is 2.86. The lowest BCUT2D eigenvalue weighted by atomic mass is 10.0. The fraction of sp³-hybridized carbons (Fsp3) is 0. The number of nitrogens with one attached hydrogen (secondary N) is 1. The Kier molecular flexibility index (Phi) is 3.99. The van der Waals surface area contributed by atoms with Crippen LogP contribution in [0, 0.1) is 0 Å². The van der Waals surface area contributed by atoms with Crippen LogP contribution in [-0.4, -0.2) is 22.2 Å². The lowest BCUT2D eigenvalue weighted by Gasteiger charge is -2.04. The van der Waals surface area contributed by atoms with Gasteiger partial charge in [-0.3, -0.25) is 14.9 Å². The summed E-state index contributed by atoms with van der Waals surface area (Å²) < 4.78 is 0. The summed E-state index contributed by atoms with van der Waals surface area (Å²) in [5, 5.41) is 10.9. The Labute approximate surface area is 136 Å². The van der Waals surface area contributed by atoms with Crippen molar-refractivity contribution in [2.45, 2.75) is 0 Å². The molecule has 2 N–H and O–H groups in total. The fourth-order valence-corrected chi connectivity index (χ4v) is 2.86. The van der Waals surface area contributed by atoms with Gasteiger partial charge < -0.3 is 5.11 Å². The highest BCUT2D eigenvalue weighted by molar-refractivity contribution is 8.18. The summed E-state index contributed by atoms with van der Waals surface area (Å²) in [4.78, 5) is 34.0. The first-order valence-corrected chi connectivity index (χ1v) is 7.53. The zero-order valence-electron chi connectivity index (χ0n) is 11.8. The summed E-state index contributed by atoms with van der Waals surface area (Å²) in [6.07, 6.45) is 1.64. The van der Waals surface area contributed by atoms with Crippen LogP contribution in [0.1, 0.15) is 15.9 Å². The van der Waals surface area contributed by atoms with Crippen LogP contribution in [0.25, 0.3) is 17.2 Å². The molecule has 0 aromatic heterocycles. The summed E-state index contributed by atoms with van der Waals surface area (Å²) >= 11 is 0.871. The lowest BCUT2D eigenvalue weighted by molar-refractivity contribution is -0.115. The highest BCUT2D eigenvalue weighted by Gasteiger charge is 2.24. The average molecular weight is 325 g/mol. The van der Waals surface area contributed by atoms with Crippen LogP contribution in [0.15, 0.2) is 53.4 Å². The number of rotatable bonds is 3. The maximum atomic E-state index is 11.5. The van der Waals surface area contributed by atoms with Gasteiger partial charge in [0.1, 0.15) is 0 Å². The number of carbonyl (C=O) groups excluding carboxylic acids is 2. The van der Waals surface area contributed by atoms with Gasteiger partial charge in [-0.25, -0.2) is 4.79 Å². The molecule has 114 valence electrons. The van der Waals surface area contributed by atoms with E-state index in [1.54, 1.807) is 18.2 Å². The number of aromatic carboxylic acids is 1. The molecule has 1 fully saturated rings. The molecule has 1 heterocycles. The molecule has 1 saturated heterocycles. The number of carboxylic acids is 1. The van der Waals surface area contributed by atoms with Crippen molar-refractivity contribution in [3.63, 3.8) is 0 Å². The first-order chi connectivity index (χ1) is 11.0. The van der Waals surface area contributed by atoms with Crippen molar-refractivity contribution in [2.24, 2.45) is 0 Å². The number of carboxylic acid groups (broad SMARTS) is 1. The van der Waals surface area contributed by atoms with Gasteiger partial charge in [-0.1, -0.05) is 36.4 Å². The largest absolute Gasteiger partial charge is 0.478 e. The minimum Gasteiger partial charge on any atom is -0.478 e. The summed E-state index contributed by atoms with van der Waals surface area (Å²) in [5.74, 6) is -1.36. The predicted octanol–water partition coefficient (Wildman–Crippen LogP) is 3.38. The van der Waals surface area contributed by atoms with E-state index in [-0.39, 0.29) is 10.8 Å². The fourth-order valence-electron chi connectivity index (χ4n) is 2.18. The van der Waals surface area contributed by atoms with Crippen molar-refractivity contribution in [1.82, 2.24) is 5.32 Å². The number of imide groups is 1. The molecule has 0 unspecified atom stereocenters. The van der Waals surface area contributed by atoms with Crippen molar-refractivity contribution in [3.05, 3.63) is 64.6 Å². The van der Waals surface area contributed by atoms with E-state index in [0.717, 1.165) is 28.5 Å². The minimum atomic E-state index is -0.970. The van der Waals surface area contributed by atoms with Crippen molar-refractivity contribution in [3.8, 4) is 11.1 Å². The van der Waals surface area contributed by atoms with E-state index in [1.807, 2.05) is 30.3 Å². The molecule has 0 bridgehead atoms. The van der Waals surface area contributed by atoms with E-state index in [4.69, 9.17) is 5.11 Å². The summed E-state index contributed by atoms with van der Waals surface area (Å²) in [5.41, 5.74) is 2.68. The number of hydrogen-bond donors (Lipinski definition) is 2. The van der Waals surface area contributed by atoms with Gasteiger partial charge in [0.2, 0.25) is 0 Å². The first-order valence-electron chi connectivity index (χ1n) is 6.71. The number of thioether (sulfide) groups is 1. The summed E-state index contributed by atoms with van der Waals surface area (Å²) in [6.45, 7) is 0. The van der Waals surface area contributed by atoms with Gasteiger partial charge in [-0.2, -0.15) is 0 Å². The zero-order valence-corrected chi connectivity index (χ0v) is 12.6. The Morgan fingerprint density at radius 2 is 1.78 bits per heavy atom. The van der Waals surface area contributed by atoms with Gasteiger partial charge in [-0.15, -0.1) is 0 Å². The Bertz CT molecular complexity index is 840. The maximum Gasteiger partial charge on any atom is 0.335 e. The van der Waals surface area contributed by atoms with Gasteiger partial charge in [-0.05, 0) is 46.7 Å². The molecule has 0 atom stereocenters. The van der Waals surface area contributed by atoms with E-state index in [0.29, 0.717) is 4.91 Å². The second-order valence-electron chi connectivity index (χ2n) is 4.86. The van der Waals surface area contributed by atoms with Crippen LogP contribution in [0.3, 0.4) is 0 Å². The zero-order chi connectivity index (χ0) is 16.4. The Morgan fingerprint density at radius 1 is 1.04 bits per heavy atom. The molecule has 0 spiro atoms. The van der Waals surface area contributed by atoms with Crippen molar-refractivity contribution in [1.29, 1.82) is 0 Å². The standard InChI is InChI=1S/C17H11NO4S/c19-15-14(23-17(22)18-15)8-10-4-6-11(7-5-10)12-2-1-3-13(9-12)16(20)21/h1-9H,(H,20,21)(H,18,19,22)/b14-8+. The second-order valence-corrected chi connectivity index (χ2v) is 5.87. The summed E-state index contributed by atoms with van der Waals surface area (Å²) in [6, 6.07) is 14.0. The molecule has 2 amide bonds. The number of hydrogen-bond acceptors (Lipinski definition) is 4. The normalized spacial score (nSPS) is 15.7. The Balaban J connectivity index is 1.87. The number of amides is 2. The van der Waals surface area contributed by atoms with E-state index >= 15 is 0 Å². The van der Waals surface area contributed by atoms with Gasteiger partial charge in [0, 0.05) is 0 Å². The van der Waals surface area contributed by atoms with Crippen LogP contribution in [0.5, 0.6) is 0 Å². The second kappa shape index (κ2) is 6.10. The van der Waals surface area contributed by atoms with Gasteiger partial charge in [0.25, 0.3) is 11.1 Å². The SMILES string of the molecule is O=C1NC(=O)/C(=C\c2ccc(-c3cccc(C(=O)O)c3)cc2)S1. The van der Waals surface area contributed by atoms with Crippen LogP contribution in [0.2, 0.25) is 0 Å². The van der Waals surface area contributed by atoms with Crippen LogP contribution in [-0.2, 0) is 4.79 Å². The van der Waals surface area contributed by atoms with Crippen molar-refractivity contribution >= 4 is 35.0 Å². The third-order valence-electron chi connectivity index (χ3n) is 3.29. The topological polar surface area (TPSA) is 83.5 Å². The third-order valence-corrected chi connectivity index (χ3v) is 4.10. The number of carbonyl (C=O) groups is 3. The van der Waals surface area contributed by atoms with E-state index < -0.39 is 11.9 Å². The molecule has 0 aliphatic carbocycles. The van der Waals surface area contributed by atoms with Crippen molar-refractivity contribution in [2.75, 3.05) is 0 Å². The van der Waals surface area contributed by atoms with Gasteiger partial charge in [0.15, 0.2) is 0 Å². The monoisotopic (exact) mass is 325 g/mol. The molecule has 0 radical (unpaired) electrons. The first kappa shape index (κ1) is 15.1. The van der Waals surface area contributed by atoms with Gasteiger partial charge in [0.05, 0.1) is 10.5 Å². The highest BCUT2D eigenvalue weighted by Crippen LogP contribution is 2.27. The van der Waals surface area contributed by atoms with E-state index in [1.165, 1.54) is 6.07 Å². The van der Waals surface area contributed by atoms with Crippen LogP contribution in [0.4, 0.5) is 4.79 Å². The molecule has 2 aromatic carbocycles. The van der Waals surface area contributed by atoms with Crippen molar-refractivity contribution < 1.29 is 19.5 Å². The molecule has 1 aliphatic heterocycles. The summed E-state index contributed by atoms with van der Waals surface area (Å²) in [7, 11) is 0. The smallest absolute Gasteiger partial charge is 0.335 e. The molecule has 1 aliphatic rings. The predicted molar refractivity (Wildman–Crippen MR) is 87.9 cm³/mol. The molecule has 0 saturated carbocycles. The molecular weight excluding hydrogens is 314 g/mol. The lowest BCUT2D eigenvalue weighted by Crippen LogP contribution is -2.17. The van der Waals surface area contributed by atoms with Crippen LogP contribution >= 0.6 is 11.8 Å². The quantitative estimate of drug-likeness (QED) is 0.845. The molecule has 2 aromatic rings. The van der Waals surface area contributed by atoms with Crippen LogP contribution < -0.4 is 5.32 Å². The molecule has 3 rings (SSSR count). The minimum absolute atomic E-state index is 0.228. The molecule has 5 nitrogen and oxygen atoms in total. The van der Waals surface area contributed by atoms with E-state index in [2.05, 4.69) is 5.32 Å². The Hall–Kier alpha value is -2.86. The maximum absolute atomic E-state index is 11.5. The molecule has 6 heteroatoms. The number of benzene rings is 2. The third kappa shape index (κ3) is 3.32. The highest BCUT2D eigenvalue weighted by atomic mass is 32.2. The Morgan fingerprint density at radius 3 is 2.39 bits per heavy atom. The molecule has 23 heavy (non-hydrogen) atoms.